The number of aryl methyl sites for hydroxylation is 2. The van der Waals surface area contributed by atoms with Crippen molar-refractivity contribution in [3.63, 3.8) is 0 Å². The van der Waals surface area contributed by atoms with Crippen LogP contribution in [-0.4, -0.2) is 60.2 Å². The Hall–Kier alpha value is -2.08. The van der Waals surface area contributed by atoms with Crippen LogP contribution in [0.25, 0.3) is 11.0 Å². The van der Waals surface area contributed by atoms with E-state index >= 15 is 0 Å². The van der Waals surface area contributed by atoms with Crippen LogP contribution in [0.4, 0.5) is 0 Å². The minimum absolute atomic E-state index is 0.901. The van der Waals surface area contributed by atoms with Crippen LogP contribution < -0.4 is 10.6 Å². The van der Waals surface area contributed by atoms with Gasteiger partial charge in [0.05, 0.1) is 11.0 Å². The molecule has 0 saturated carbocycles. The smallest absolute Gasteiger partial charge is 0.190 e. The van der Waals surface area contributed by atoms with Crippen molar-refractivity contribution in [1.29, 1.82) is 0 Å². The van der Waals surface area contributed by atoms with Gasteiger partial charge in [0, 0.05) is 26.7 Å². The first kappa shape index (κ1) is 18.7. The van der Waals surface area contributed by atoms with Gasteiger partial charge in [0.1, 0.15) is 5.82 Å². The van der Waals surface area contributed by atoms with Crippen LogP contribution in [-0.2, 0) is 6.54 Å². The van der Waals surface area contributed by atoms with Crippen molar-refractivity contribution in [2.24, 2.45) is 4.99 Å². The molecule has 3 rings (SSSR count). The molecular formula is C20H32N6. The van der Waals surface area contributed by atoms with Gasteiger partial charge in [-0.15, -0.1) is 0 Å². The Morgan fingerprint density at radius 2 is 1.77 bits per heavy atom. The molecule has 0 bridgehead atoms. The number of nitrogens with zero attached hydrogens (tertiary/aromatic N) is 4. The summed E-state index contributed by atoms with van der Waals surface area (Å²) in [6, 6.07) is 8.33. The molecule has 1 aromatic carbocycles. The molecule has 142 valence electrons. The molecule has 0 aliphatic carbocycles. The Labute approximate surface area is 156 Å². The molecule has 0 spiro atoms. The van der Waals surface area contributed by atoms with Crippen molar-refractivity contribution in [3.8, 4) is 0 Å². The third-order valence-corrected chi connectivity index (χ3v) is 5.06. The Balaban J connectivity index is 1.35. The Bertz CT molecular complexity index is 714. The van der Waals surface area contributed by atoms with Gasteiger partial charge >= 0.3 is 0 Å². The standard InChI is InChI=1S/C20H32N6/c1-17-24-18-9-3-4-10-19(18)26(17)16-8-12-23-20(21-2)22-11-7-15-25-13-5-6-14-25/h3-4,9-10H,5-8,11-16H2,1-2H3,(H2,21,22,23). The van der Waals surface area contributed by atoms with Gasteiger partial charge in [-0.05, 0) is 64.4 Å². The lowest BCUT2D eigenvalue weighted by molar-refractivity contribution is 0.334. The number of hydrogen-bond donors (Lipinski definition) is 2. The summed E-state index contributed by atoms with van der Waals surface area (Å²) in [7, 11) is 1.84. The number of aromatic nitrogens is 2. The van der Waals surface area contributed by atoms with E-state index in [0.29, 0.717) is 0 Å². The van der Waals surface area contributed by atoms with Gasteiger partial charge in [0.15, 0.2) is 5.96 Å². The molecule has 1 saturated heterocycles. The number of benzene rings is 1. The lowest BCUT2D eigenvalue weighted by Gasteiger charge is -2.16. The maximum absolute atomic E-state index is 4.63. The van der Waals surface area contributed by atoms with Crippen LogP contribution in [0.3, 0.4) is 0 Å². The lowest BCUT2D eigenvalue weighted by Crippen LogP contribution is -2.39. The van der Waals surface area contributed by atoms with E-state index in [1.807, 2.05) is 13.1 Å². The maximum Gasteiger partial charge on any atom is 0.190 e. The maximum atomic E-state index is 4.63. The number of nitrogens with one attached hydrogen (secondary N) is 2. The predicted molar refractivity (Wildman–Crippen MR) is 109 cm³/mol. The molecule has 0 atom stereocenters. The fourth-order valence-electron chi connectivity index (χ4n) is 3.66. The van der Waals surface area contributed by atoms with E-state index in [2.05, 4.69) is 55.2 Å². The zero-order valence-electron chi connectivity index (χ0n) is 16.2. The number of rotatable bonds is 8. The van der Waals surface area contributed by atoms with Gasteiger partial charge < -0.3 is 20.1 Å². The van der Waals surface area contributed by atoms with E-state index in [1.165, 1.54) is 44.4 Å². The Morgan fingerprint density at radius 3 is 2.50 bits per heavy atom. The summed E-state index contributed by atoms with van der Waals surface area (Å²) in [6.45, 7) is 8.65. The number of likely N-dealkylation sites (tertiary alicyclic amines) is 1. The summed E-state index contributed by atoms with van der Waals surface area (Å²) in [6.07, 6.45) is 4.93. The first-order chi connectivity index (χ1) is 12.8. The summed E-state index contributed by atoms with van der Waals surface area (Å²) in [5, 5.41) is 6.84. The van der Waals surface area contributed by atoms with Crippen LogP contribution in [0, 0.1) is 6.92 Å². The van der Waals surface area contributed by atoms with Crippen molar-refractivity contribution >= 4 is 17.0 Å². The fraction of sp³-hybridized carbons (Fsp3) is 0.600. The quantitative estimate of drug-likeness (QED) is 0.433. The van der Waals surface area contributed by atoms with Gasteiger partial charge in [0.25, 0.3) is 0 Å². The Kier molecular flexibility index (Phi) is 6.89. The fourth-order valence-corrected chi connectivity index (χ4v) is 3.66. The average Bonchev–Trinajstić information content (AvgIpc) is 3.28. The van der Waals surface area contributed by atoms with E-state index in [-0.39, 0.29) is 0 Å². The average molecular weight is 357 g/mol. The van der Waals surface area contributed by atoms with Crippen LogP contribution in [0.1, 0.15) is 31.5 Å². The highest BCUT2D eigenvalue weighted by Gasteiger charge is 2.10. The Morgan fingerprint density at radius 1 is 1.08 bits per heavy atom. The van der Waals surface area contributed by atoms with Crippen molar-refractivity contribution in [2.75, 3.05) is 39.8 Å². The summed E-state index contributed by atoms with van der Waals surface area (Å²) >= 11 is 0. The predicted octanol–water partition coefficient (Wildman–Crippen LogP) is 2.39. The first-order valence-electron chi connectivity index (χ1n) is 9.86. The molecule has 0 amide bonds. The molecule has 0 unspecified atom stereocenters. The van der Waals surface area contributed by atoms with Crippen molar-refractivity contribution in [1.82, 2.24) is 25.1 Å². The van der Waals surface area contributed by atoms with E-state index in [9.17, 15) is 0 Å². The van der Waals surface area contributed by atoms with Crippen LogP contribution in [0.15, 0.2) is 29.3 Å². The molecule has 1 aliphatic heterocycles. The molecule has 1 fully saturated rings. The highest BCUT2D eigenvalue weighted by Crippen LogP contribution is 2.15. The van der Waals surface area contributed by atoms with Crippen molar-refractivity contribution < 1.29 is 0 Å². The number of para-hydroxylation sites is 2. The molecular weight excluding hydrogens is 324 g/mol. The number of imidazole rings is 1. The monoisotopic (exact) mass is 356 g/mol. The molecule has 0 radical (unpaired) electrons. The second-order valence-corrected chi connectivity index (χ2v) is 6.98. The summed E-state index contributed by atoms with van der Waals surface area (Å²) in [5.41, 5.74) is 2.29. The van der Waals surface area contributed by atoms with E-state index in [0.717, 1.165) is 43.4 Å². The highest BCUT2D eigenvalue weighted by atomic mass is 15.2. The van der Waals surface area contributed by atoms with Gasteiger partial charge in [-0.25, -0.2) is 4.98 Å². The van der Waals surface area contributed by atoms with Gasteiger partial charge in [-0.3, -0.25) is 4.99 Å². The largest absolute Gasteiger partial charge is 0.356 e. The first-order valence-corrected chi connectivity index (χ1v) is 9.86. The van der Waals surface area contributed by atoms with Gasteiger partial charge in [0.2, 0.25) is 0 Å². The number of fused-ring (bicyclic) bond motifs is 1. The molecule has 1 aliphatic rings. The number of aliphatic imine (C=N–C) groups is 1. The minimum atomic E-state index is 0.901. The van der Waals surface area contributed by atoms with E-state index < -0.39 is 0 Å². The van der Waals surface area contributed by atoms with Gasteiger partial charge in [-0.2, -0.15) is 0 Å². The lowest BCUT2D eigenvalue weighted by atomic mass is 10.3. The number of guanidine groups is 1. The minimum Gasteiger partial charge on any atom is -0.356 e. The summed E-state index contributed by atoms with van der Waals surface area (Å²) < 4.78 is 2.29. The topological polar surface area (TPSA) is 57.5 Å². The van der Waals surface area contributed by atoms with Gasteiger partial charge in [-0.1, -0.05) is 12.1 Å². The normalized spacial score (nSPS) is 15.7. The molecule has 2 N–H and O–H groups in total. The molecule has 2 aromatic rings. The molecule has 2 heterocycles. The van der Waals surface area contributed by atoms with E-state index in [4.69, 9.17) is 0 Å². The van der Waals surface area contributed by atoms with Crippen molar-refractivity contribution in [3.05, 3.63) is 30.1 Å². The second-order valence-electron chi connectivity index (χ2n) is 6.98. The molecule has 26 heavy (non-hydrogen) atoms. The summed E-state index contributed by atoms with van der Waals surface area (Å²) in [4.78, 5) is 11.5. The van der Waals surface area contributed by atoms with Crippen LogP contribution in [0.5, 0.6) is 0 Å². The third kappa shape index (κ3) is 4.97. The highest BCUT2D eigenvalue weighted by molar-refractivity contribution is 5.79. The molecule has 6 heteroatoms. The molecule has 6 nitrogen and oxygen atoms in total. The third-order valence-electron chi connectivity index (χ3n) is 5.06. The van der Waals surface area contributed by atoms with E-state index in [1.54, 1.807) is 0 Å². The zero-order valence-corrected chi connectivity index (χ0v) is 16.2. The number of hydrogen-bond acceptors (Lipinski definition) is 3. The van der Waals surface area contributed by atoms with Crippen molar-refractivity contribution in [2.45, 2.75) is 39.2 Å². The van der Waals surface area contributed by atoms with Crippen LogP contribution in [0.2, 0.25) is 0 Å². The SMILES string of the molecule is CN=C(NCCCN1CCCC1)NCCCn1c(C)nc2ccccc21. The van der Waals surface area contributed by atoms with Crippen LogP contribution >= 0.6 is 0 Å². The second kappa shape index (κ2) is 9.57. The summed E-state index contributed by atoms with van der Waals surface area (Å²) in [5.74, 6) is 1.98. The molecule has 1 aromatic heterocycles. The zero-order chi connectivity index (χ0) is 18.2.